The predicted octanol–water partition coefficient (Wildman–Crippen LogP) is 3.47. The minimum Gasteiger partial charge on any atom is -0.298 e. The van der Waals surface area contributed by atoms with Gasteiger partial charge in [-0.15, -0.1) is 0 Å². The van der Waals surface area contributed by atoms with Gasteiger partial charge in [0.05, 0.1) is 5.60 Å². The first-order valence-corrected chi connectivity index (χ1v) is 6.21. The van der Waals surface area contributed by atoms with E-state index in [0.29, 0.717) is 0 Å². The van der Waals surface area contributed by atoms with Crippen molar-refractivity contribution in [3.8, 4) is 11.1 Å². The van der Waals surface area contributed by atoms with Gasteiger partial charge in [-0.1, -0.05) is 48.5 Å². The second-order valence-electron chi connectivity index (χ2n) is 5.33. The van der Waals surface area contributed by atoms with Gasteiger partial charge in [-0.05, 0) is 36.1 Å². The second-order valence-corrected chi connectivity index (χ2v) is 5.33. The lowest BCUT2D eigenvalue weighted by molar-refractivity contribution is -0.0304. The van der Waals surface area contributed by atoms with Crippen molar-refractivity contribution in [2.75, 3.05) is 0 Å². The summed E-state index contributed by atoms with van der Waals surface area (Å²) in [7, 11) is 0. The van der Waals surface area contributed by atoms with Crippen molar-refractivity contribution in [1.29, 1.82) is 0 Å². The minimum atomic E-state index is -0.414. The van der Waals surface area contributed by atoms with E-state index in [1.54, 1.807) is 0 Å². The summed E-state index contributed by atoms with van der Waals surface area (Å²) in [6.07, 6.45) is 0. The van der Waals surface area contributed by atoms with Crippen molar-refractivity contribution in [2.24, 2.45) is 5.90 Å². The van der Waals surface area contributed by atoms with Crippen molar-refractivity contribution in [3.05, 3.63) is 59.7 Å². The fourth-order valence-electron chi connectivity index (χ4n) is 2.97. The van der Waals surface area contributed by atoms with Crippen LogP contribution in [0.2, 0.25) is 0 Å². The number of nitrogens with two attached hydrogens (primary N) is 1. The summed E-state index contributed by atoms with van der Waals surface area (Å²) in [5.41, 5.74) is 4.78. The summed E-state index contributed by atoms with van der Waals surface area (Å²) >= 11 is 0. The van der Waals surface area contributed by atoms with Crippen LogP contribution in [0.5, 0.6) is 0 Å². The summed E-state index contributed by atoms with van der Waals surface area (Å²) < 4.78 is 0. The zero-order valence-corrected chi connectivity index (χ0v) is 10.7. The van der Waals surface area contributed by atoms with Crippen LogP contribution >= 0.6 is 0 Å². The van der Waals surface area contributed by atoms with Crippen LogP contribution in [0.25, 0.3) is 11.1 Å². The molecule has 18 heavy (non-hydrogen) atoms. The van der Waals surface area contributed by atoms with E-state index in [2.05, 4.69) is 48.5 Å². The van der Waals surface area contributed by atoms with Crippen molar-refractivity contribution in [1.82, 2.24) is 0 Å². The molecule has 2 N–H and O–H groups in total. The zero-order chi connectivity index (χ0) is 12.8. The van der Waals surface area contributed by atoms with E-state index in [-0.39, 0.29) is 5.92 Å². The molecular weight excluding hydrogens is 222 g/mol. The third-order valence-electron chi connectivity index (χ3n) is 3.83. The van der Waals surface area contributed by atoms with Crippen LogP contribution in [0.15, 0.2) is 48.5 Å². The molecule has 0 aliphatic heterocycles. The summed E-state index contributed by atoms with van der Waals surface area (Å²) in [6, 6.07) is 17.0. The summed E-state index contributed by atoms with van der Waals surface area (Å²) in [6.45, 7) is 4.08. The van der Waals surface area contributed by atoms with Crippen molar-refractivity contribution in [2.45, 2.75) is 25.4 Å². The Morgan fingerprint density at radius 3 is 1.78 bits per heavy atom. The number of hydrogen-bond acceptors (Lipinski definition) is 2. The monoisotopic (exact) mass is 239 g/mol. The minimum absolute atomic E-state index is 0.190. The van der Waals surface area contributed by atoms with Gasteiger partial charge in [-0.2, -0.15) is 0 Å². The first-order valence-electron chi connectivity index (χ1n) is 6.21. The third-order valence-corrected chi connectivity index (χ3v) is 3.83. The summed E-state index contributed by atoms with van der Waals surface area (Å²) in [5, 5.41) is 0. The van der Waals surface area contributed by atoms with Gasteiger partial charge in [0.2, 0.25) is 0 Å². The summed E-state index contributed by atoms with van der Waals surface area (Å²) in [5.74, 6) is 5.69. The molecule has 0 unspecified atom stereocenters. The highest BCUT2D eigenvalue weighted by Crippen LogP contribution is 2.49. The molecule has 0 heterocycles. The number of rotatable bonds is 2. The molecule has 1 aliphatic carbocycles. The Hall–Kier alpha value is -1.64. The van der Waals surface area contributed by atoms with Gasteiger partial charge in [-0.3, -0.25) is 4.84 Å². The SMILES string of the molecule is CC(C)(ON)C1c2ccccc2-c2ccccc21. The van der Waals surface area contributed by atoms with Crippen LogP contribution in [0, 0.1) is 0 Å². The number of fused-ring (bicyclic) bond motifs is 3. The van der Waals surface area contributed by atoms with Crippen molar-refractivity contribution >= 4 is 0 Å². The van der Waals surface area contributed by atoms with Crippen LogP contribution in [0.4, 0.5) is 0 Å². The molecule has 2 aromatic rings. The molecule has 0 saturated carbocycles. The Morgan fingerprint density at radius 1 is 0.889 bits per heavy atom. The highest BCUT2D eigenvalue weighted by atomic mass is 16.6. The van der Waals surface area contributed by atoms with E-state index >= 15 is 0 Å². The van der Waals surface area contributed by atoms with Crippen molar-refractivity contribution in [3.63, 3.8) is 0 Å². The molecule has 0 spiro atoms. The van der Waals surface area contributed by atoms with Gasteiger partial charge >= 0.3 is 0 Å². The highest BCUT2D eigenvalue weighted by Gasteiger charge is 2.39. The molecule has 0 amide bonds. The Morgan fingerprint density at radius 2 is 1.33 bits per heavy atom. The molecule has 0 aromatic heterocycles. The fourth-order valence-corrected chi connectivity index (χ4v) is 2.97. The number of benzene rings is 2. The third kappa shape index (κ3) is 1.50. The molecule has 2 aromatic carbocycles. The largest absolute Gasteiger partial charge is 0.298 e. The van der Waals surface area contributed by atoms with Gasteiger partial charge in [0.15, 0.2) is 0 Å². The highest BCUT2D eigenvalue weighted by molar-refractivity contribution is 5.79. The van der Waals surface area contributed by atoms with E-state index in [1.807, 2.05) is 13.8 Å². The van der Waals surface area contributed by atoms with E-state index in [4.69, 9.17) is 10.7 Å². The molecule has 0 bridgehead atoms. The molecule has 0 radical (unpaired) electrons. The molecule has 2 nitrogen and oxygen atoms in total. The molecule has 92 valence electrons. The van der Waals surface area contributed by atoms with Crippen LogP contribution < -0.4 is 5.90 Å². The van der Waals surface area contributed by atoms with Crippen LogP contribution in [-0.2, 0) is 4.84 Å². The lowest BCUT2D eigenvalue weighted by Gasteiger charge is -2.30. The topological polar surface area (TPSA) is 35.2 Å². The fraction of sp³-hybridized carbons (Fsp3) is 0.250. The van der Waals surface area contributed by atoms with Crippen LogP contribution in [-0.4, -0.2) is 5.60 Å². The molecule has 0 atom stereocenters. The molecule has 3 rings (SSSR count). The van der Waals surface area contributed by atoms with Gasteiger partial charge in [0.1, 0.15) is 0 Å². The maximum Gasteiger partial charge on any atom is 0.0946 e. The standard InChI is InChI=1S/C16H17NO/c1-16(2,18-17)15-13-9-5-3-7-11(13)12-8-4-6-10-14(12)15/h3-10,15H,17H2,1-2H3. The predicted molar refractivity (Wildman–Crippen MR) is 73.1 cm³/mol. The van der Waals surface area contributed by atoms with Gasteiger partial charge in [0.25, 0.3) is 0 Å². The maximum absolute atomic E-state index is 5.50. The Labute approximate surface area is 107 Å². The Bertz CT molecular complexity index is 544. The average molecular weight is 239 g/mol. The molecule has 1 aliphatic rings. The van der Waals surface area contributed by atoms with E-state index in [9.17, 15) is 0 Å². The van der Waals surface area contributed by atoms with Gasteiger partial charge in [-0.25, -0.2) is 5.90 Å². The molecule has 0 saturated heterocycles. The lowest BCUT2D eigenvalue weighted by atomic mass is 9.83. The quantitative estimate of drug-likeness (QED) is 0.814. The summed E-state index contributed by atoms with van der Waals surface area (Å²) in [4.78, 5) is 5.24. The number of hydrogen-bond donors (Lipinski definition) is 1. The zero-order valence-electron chi connectivity index (χ0n) is 10.7. The first kappa shape index (κ1) is 11.5. The van der Waals surface area contributed by atoms with Gasteiger partial charge < -0.3 is 0 Å². The first-order chi connectivity index (χ1) is 8.65. The smallest absolute Gasteiger partial charge is 0.0946 e. The molecule has 0 fully saturated rings. The second kappa shape index (κ2) is 3.94. The Balaban J connectivity index is 2.27. The normalized spacial score (nSPS) is 14.4. The maximum atomic E-state index is 5.50. The van der Waals surface area contributed by atoms with Crippen LogP contribution in [0.3, 0.4) is 0 Å². The molecule has 2 heteroatoms. The average Bonchev–Trinajstić information content (AvgIpc) is 2.74. The van der Waals surface area contributed by atoms with Gasteiger partial charge in [0, 0.05) is 5.92 Å². The van der Waals surface area contributed by atoms with E-state index in [1.165, 1.54) is 22.3 Å². The lowest BCUT2D eigenvalue weighted by Crippen LogP contribution is -2.35. The van der Waals surface area contributed by atoms with E-state index in [0.717, 1.165) is 0 Å². The van der Waals surface area contributed by atoms with Crippen LogP contribution in [0.1, 0.15) is 30.9 Å². The van der Waals surface area contributed by atoms with Crippen molar-refractivity contribution < 1.29 is 4.84 Å². The van der Waals surface area contributed by atoms with E-state index < -0.39 is 5.60 Å². The molecular formula is C16H17NO. The Kier molecular flexibility index (Phi) is 2.51.